The van der Waals surface area contributed by atoms with E-state index >= 15 is 0 Å². The zero-order valence-electron chi connectivity index (χ0n) is 15.8. The monoisotopic (exact) mass is 387 g/mol. The van der Waals surface area contributed by atoms with E-state index in [9.17, 15) is 18.4 Å². The van der Waals surface area contributed by atoms with Gasteiger partial charge in [-0.2, -0.15) is 0 Å². The molecule has 2 aliphatic rings. The summed E-state index contributed by atoms with van der Waals surface area (Å²) in [5, 5.41) is 2.64. The highest BCUT2D eigenvalue weighted by atomic mass is 19.2. The van der Waals surface area contributed by atoms with Gasteiger partial charge in [0.15, 0.2) is 11.6 Å². The molecule has 2 aromatic rings. The standard InChI is InChI=1S/C21H23F2N3O2/c1-26(21(28)24-12-9-10-15(22)16(23)11-12)18-8-4-7-17-19(18)13-5-2-3-6-14(13)20(27)25-17/h9-11,18H,2-8H2,1H3,(H,24,28)(H,25,27)/t18-/m0/s1. The van der Waals surface area contributed by atoms with Gasteiger partial charge >= 0.3 is 6.03 Å². The molecule has 0 fully saturated rings. The number of hydrogen-bond donors (Lipinski definition) is 2. The summed E-state index contributed by atoms with van der Waals surface area (Å²) < 4.78 is 26.6. The molecule has 1 aromatic carbocycles. The predicted octanol–water partition coefficient (Wildman–Crippen LogP) is 4.07. The van der Waals surface area contributed by atoms with Gasteiger partial charge in [0.2, 0.25) is 0 Å². The Kier molecular flexibility index (Phi) is 4.91. The summed E-state index contributed by atoms with van der Waals surface area (Å²) in [6.45, 7) is 0. The zero-order chi connectivity index (χ0) is 19.8. The van der Waals surface area contributed by atoms with E-state index in [1.54, 1.807) is 11.9 Å². The van der Waals surface area contributed by atoms with Gasteiger partial charge in [0, 0.05) is 30.1 Å². The van der Waals surface area contributed by atoms with Crippen molar-refractivity contribution in [1.29, 1.82) is 0 Å². The number of aromatic amines is 1. The number of carbonyl (C=O) groups excluding carboxylic acids is 1. The third-order valence-corrected chi connectivity index (χ3v) is 5.85. The number of carbonyl (C=O) groups is 1. The van der Waals surface area contributed by atoms with Gasteiger partial charge in [-0.25, -0.2) is 13.6 Å². The molecule has 2 amide bonds. The molecule has 0 bridgehead atoms. The van der Waals surface area contributed by atoms with E-state index in [0.29, 0.717) is 0 Å². The van der Waals surface area contributed by atoms with Gasteiger partial charge in [-0.05, 0) is 68.2 Å². The van der Waals surface area contributed by atoms with Gasteiger partial charge in [-0.15, -0.1) is 0 Å². The van der Waals surface area contributed by atoms with Gasteiger partial charge in [0.25, 0.3) is 5.56 Å². The fraction of sp³-hybridized carbons (Fsp3) is 0.429. The number of nitrogens with one attached hydrogen (secondary N) is 2. The molecule has 2 N–H and O–H groups in total. The lowest BCUT2D eigenvalue weighted by Gasteiger charge is -2.36. The summed E-state index contributed by atoms with van der Waals surface area (Å²) >= 11 is 0. The van der Waals surface area contributed by atoms with Crippen LogP contribution < -0.4 is 10.9 Å². The van der Waals surface area contributed by atoms with Gasteiger partial charge in [0.05, 0.1) is 6.04 Å². The molecule has 1 atom stereocenters. The van der Waals surface area contributed by atoms with E-state index in [0.717, 1.165) is 79.5 Å². The van der Waals surface area contributed by atoms with Crippen LogP contribution in [0.1, 0.15) is 54.1 Å². The molecular weight excluding hydrogens is 364 g/mol. The highest BCUT2D eigenvalue weighted by Gasteiger charge is 2.32. The van der Waals surface area contributed by atoms with E-state index in [1.807, 2.05) is 0 Å². The molecule has 0 spiro atoms. The van der Waals surface area contributed by atoms with Crippen LogP contribution >= 0.6 is 0 Å². The van der Waals surface area contributed by atoms with Crippen LogP contribution in [0.25, 0.3) is 0 Å². The second-order valence-corrected chi connectivity index (χ2v) is 7.59. The summed E-state index contributed by atoms with van der Waals surface area (Å²) in [5.41, 5.74) is 4.16. The largest absolute Gasteiger partial charge is 0.326 e. The van der Waals surface area contributed by atoms with Crippen LogP contribution in [0.2, 0.25) is 0 Å². The number of aryl methyl sites for hydroxylation is 1. The molecule has 1 heterocycles. The number of urea groups is 1. The summed E-state index contributed by atoms with van der Waals surface area (Å²) in [4.78, 5) is 29.9. The Balaban J connectivity index is 1.64. The summed E-state index contributed by atoms with van der Waals surface area (Å²) in [7, 11) is 1.70. The molecule has 5 nitrogen and oxygen atoms in total. The molecule has 1 aromatic heterocycles. The molecular formula is C21H23F2N3O2. The van der Waals surface area contributed by atoms with Crippen molar-refractivity contribution < 1.29 is 13.6 Å². The van der Waals surface area contributed by atoms with Crippen LogP contribution in [-0.2, 0) is 19.3 Å². The number of pyridine rings is 1. The first-order valence-corrected chi connectivity index (χ1v) is 9.71. The normalized spacial score (nSPS) is 18.2. The second-order valence-electron chi connectivity index (χ2n) is 7.59. The van der Waals surface area contributed by atoms with Crippen LogP contribution in [-0.4, -0.2) is 23.0 Å². The molecule has 0 radical (unpaired) electrons. The van der Waals surface area contributed by atoms with E-state index in [4.69, 9.17) is 0 Å². The fourth-order valence-corrected chi connectivity index (χ4v) is 4.45. The Morgan fingerprint density at radius 2 is 1.86 bits per heavy atom. The summed E-state index contributed by atoms with van der Waals surface area (Å²) in [5.74, 6) is -1.96. The van der Waals surface area contributed by atoms with Crippen LogP contribution in [0.15, 0.2) is 23.0 Å². The van der Waals surface area contributed by atoms with Crippen molar-refractivity contribution in [2.24, 2.45) is 0 Å². The predicted molar refractivity (Wildman–Crippen MR) is 103 cm³/mol. The van der Waals surface area contributed by atoms with Crippen molar-refractivity contribution in [2.75, 3.05) is 12.4 Å². The maximum absolute atomic E-state index is 13.4. The number of anilines is 1. The van der Waals surface area contributed by atoms with E-state index in [-0.39, 0.29) is 23.3 Å². The van der Waals surface area contributed by atoms with Gasteiger partial charge < -0.3 is 15.2 Å². The van der Waals surface area contributed by atoms with Crippen molar-refractivity contribution in [3.8, 4) is 0 Å². The first kappa shape index (κ1) is 18.7. The highest BCUT2D eigenvalue weighted by molar-refractivity contribution is 5.89. The third kappa shape index (κ3) is 3.30. The lowest BCUT2D eigenvalue weighted by molar-refractivity contribution is 0.196. The topological polar surface area (TPSA) is 65.2 Å². The van der Waals surface area contributed by atoms with E-state index in [1.165, 1.54) is 6.07 Å². The lowest BCUT2D eigenvalue weighted by atomic mass is 9.81. The quantitative estimate of drug-likeness (QED) is 0.816. The molecule has 0 saturated heterocycles. The van der Waals surface area contributed by atoms with Gasteiger partial charge in [-0.1, -0.05) is 0 Å². The molecule has 4 rings (SSSR count). The minimum Gasteiger partial charge on any atom is -0.326 e. The molecule has 2 aliphatic carbocycles. The SMILES string of the molecule is CN(C(=O)Nc1ccc(F)c(F)c1)[C@H]1CCCc2[nH]c(=O)c3c(c21)CCCC3. The fourth-order valence-electron chi connectivity index (χ4n) is 4.45. The number of rotatable bonds is 2. The van der Waals surface area contributed by atoms with Crippen LogP contribution in [0.5, 0.6) is 0 Å². The third-order valence-electron chi connectivity index (χ3n) is 5.85. The van der Waals surface area contributed by atoms with Crippen molar-refractivity contribution in [3.63, 3.8) is 0 Å². The molecule has 0 unspecified atom stereocenters. The van der Waals surface area contributed by atoms with Crippen molar-refractivity contribution in [1.82, 2.24) is 9.88 Å². The van der Waals surface area contributed by atoms with Crippen molar-refractivity contribution >= 4 is 11.7 Å². The molecule has 0 aliphatic heterocycles. The average molecular weight is 387 g/mol. The number of hydrogen-bond acceptors (Lipinski definition) is 2. The molecule has 7 heteroatoms. The Labute approximate surface area is 161 Å². The van der Waals surface area contributed by atoms with Gasteiger partial charge in [0.1, 0.15) is 0 Å². The Bertz CT molecular complexity index is 986. The lowest BCUT2D eigenvalue weighted by Crippen LogP contribution is -2.38. The Hall–Kier alpha value is -2.70. The maximum Gasteiger partial charge on any atom is 0.322 e. The molecule has 0 saturated carbocycles. The number of halogens is 2. The number of amides is 2. The number of nitrogens with zero attached hydrogens (tertiary/aromatic N) is 1. The average Bonchev–Trinajstić information content (AvgIpc) is 2.70. The zero-order valence-corrected chi connectivity index (χ0v) is 15.8. The highest BCUT2D eigenvalue weighted by Crippen LogP contribution is 2.37. The summed E-state index contributed by atoms with van der Waals surface area (Å²) in [6, 6.07) is 2.74. The van der Waals surface area contributed by atoms with Crippen molar-refractivity contribution in [3.05, 3.63) is 62.6 Å². The van der Waals surface area contributed by atoms with E-state index < -0.39 is 11.6 Å². The van der Waals surface area contributed by atoms with Gasteiger partial charge in [-0.3, -0.25) is 4.79 Å². The number of aromatic nitrogens is 1. The maximum atomic E-state index is 13.4. The first-order chi connectivity index (χ1) is 13.5. The smallest absolute Gasteiger partial charge is 0.322 e. The minimum atomic E-state index is -1.00. The number of benzene rings is 1. The van der Waals surface area contributed by atoms with Crippen LogP contribution in [0.3, 0.4) is 0 Å². The van der Waals surface area contributed by atoms with E-state index in [2.05, 4.69) is 10.3 Å². The first-order valence-electron chi connectivity index (χ1n) is 9.71. The second kappa shape index (κ2) is 7.37. The Morgan fingerprint density at radius 3 is 2.61 bits per heavy atom. The number of fused-ring (bicyclic) bond motifs is 3. The molecule has 28 heavy (non-hydrogen) atoms. The van der Waals surface area contributed by atoms with Crippen molar-refractivity contribution in [2.45, 2.75) is 51.0 Å². The minimum absolute atomic E-state index is 0.00277. The Morgan fingerprint density at radius 1 is 1.11 bits per heavy atom. The summed E-state index contributed by atoms with van der Waals surface area (Å²) in [6.07, 6.45) is 6.15. The van der Waals surface area contributed by atoms with Crippen LogP contribution in [0, 0.1) is 11.6 Å². The molecule has 148 valence electrons. The van der Waals surface area contributed by atoms with Crippen LogP contribution in [0.4, 0.5) is 19.3 Å². The number of H-pyrrole nitrogens is 1.